The average Bonchev–Trinajstić information content (AvgIpc) is 2.67. The topological polar surface area (TPSA) is 94.0 Å². The lowest BCUT2D eigenvalue weighted by atomic mass is 9.94. The number of allylic oxidation sites excluding steroid dienone is 1. The van der Waals surface area contributed by atoms with Crippen molar-refractivity contribution in [2.45, 2.75) is 19.1 Å². The van der Waals surface area contributed by atoms with Gasteiger partial charge < -0.3 is 16.0 Å². The van der Waals surface area contributed by atoms with Gasteiger partial charge in [0.25, 0.3) is 5.91 Å². The summed E-state index contributed by atoms with van der Waals surface area (Å²) < 4.78 is 38.7. The number of anilines is 1. The van der Waals surface area contributed by atoms with E-state index >= 15 is 0 Å². The molecule has 0 fully saturated rings. The molecule has 9 heteroatoms. The van der Waals surface area contributed by atoms with Crippen molar-refractivity contribution >= 4 is 17.6 Å². The monoisotopic (exact) mass is 400 g/mol. The number of urea groups is 1. The molecule has 29 heavy (non-hydrogen) atoms. The minimum Gasteiger partial charge on any atom is -0.327 e. The van der Waals surface area contributed by atoms with Crippen LogP contribution in [0.25, 0.3) is 0 Å². The van der Waals surface area contributed by atoms with Crippen molar-refractivity contribution in [1.82, 2.24) is 10.6 Å². The van der Waals surface area contributed by atoms with Gasteiger partial charge in [0.05, 0.1) is 28.8 Å². The molecule has 6 nitrogen and oxygen atoms in total. The Bertz CT molecular complexity index is 1040. The molecule has 3 amide bonds. The van der Waals surface area contributed by atoms with Crippen molar-refractivity contribution in [3.8, 4) is 6.07 Å². The van der Waals surface area contributed by atoms with Crippen molar-refractivity contribution in [2.24, 2.45) is 0 Å². The lowest BCUT2D eigenvalue weighted by Crippen LogP contribution is -2.45. The van der Waals surface area contributed by atoms with Gasteiger partial charge in [0, 0.05) is 11.4 Å². The molecule has 0 aliphatic carbocycles. The number of alkyl halides is 3. The van der Waals surface area contributed by atoms with E-state index in [1.807, 2.05) is 6.07 Å². The van der Waals surface area contributed by atoms with Gasteiger partial charge in [-0.2, -0.15) is 18.4 Å². The van der Waals surface area contributed by atoms with Crippen LogP contribution in [0.2, 0.25) is 0 Å². The number of nitrogens with zero attached hydrogens (tertiary/aromatic N) is 1. The minimum atomic E-state index is -4.54. The lowest BCUT2D eigenvalue weighted by molar-refractivity contribution is -0.137. The zero-order valence-corrected chi connectivity index (χ0v) is 15.1. The van der Waals surface area contributed by atoms with Crippen LogP contribution in [-0.2, 0) is 11.0 Å². The van der Waals surface area contributed by atoms with Crippen molar-refractivity contribution in [3.05, 3.63) is 76.5 Å². The van der Waals surface area contributed by atoms with E-state index in [1.54, 1.807) is 24.3 Å². The molecule has 1 aliphatic rings. The third kappa shape index (κ3) is 4.38. The molecular weight excluding hydrogens is 385 g/mol. The first-order valence-corrected chi connectivity index (χ1v) is 8.46. The number of carbonyl (C=O) groups excluding carboxylic acids is 2. The standard InChI is InChI=1S/C20H15F3N4O2/c1-11-16(18(28)26-15-4-2-3-14(9-15)20(21,22)23)17(27-19(29)25-11)13-7-5-12(10-24)6-8-13/h2-9,17H,1H3,(H,26,28)(H2,25,27,29). The summed E-state index contributed by atoms with van der Waals surface area (Å²) in [4.78, 5) is 24.8. The quantitative estimate of drug-likeness (QED) is 0.731. The second-order valence-corrected chi connectivity index (χ2v) is 6.34. The van der Waals surface area contributed by atoms with E-state index in [4.69, 9.17) is 5.26 Å². The number of nitriles is 1. The van der Waals surface area contributed by atoms with Gasteiger partial charge in [0.1, 0.15) is 0 Å². The first kappa shape index (κ1) is 19.9. The highest BCUT2D eigenvalue weighted by Crippen LogP contribution is 2.32. The number of nitrogens with one attached hydrogen (secondary N) is 3. The van der Waals surface area contributed by atoms with E-state index in [9.17, 15) is 22.8 Å². The summed E-state index contributed by atoms with van der Waals surface area (Å²) in [5.41, 5.74) is 0.455. The normalized spacial score (nSPS) is 16.5. The minimum absolute atomic E-state index is 0.0272. The maximum atomic E-state index is 12.9. The molecule has 3 rings (SSSR count). The zero-order valence-electron chi connectivity index (χ0n) is 15.1. The predicted molar refractivity (Wildman–Crippen MR) is 98.3 cm³/mol. The number of halogens is 3. The molecule has 1 unspecified atom stereocenters. The highest BCUT2D eigenvalue weighted by atomic mass is 19.4. The third-order valence-electron chi connectivity index (χ3n) is 4.33. The second kappa shape index (κ2) is 7.67. The van der Waals surface area contributed by atoms with Crippen LogP contribution in [-0.4, -0.2) is 11.9 Å². The molecule has 2 aromatic carbocycles. The van der Waals surface area contributed by atoms with Gasteiger partial charge in [-0.1, -0.05) is 18.2 Å². The van der Waals surface area contributed by atoms with Gasteiger partial charge in [0.2, 0.25) is 0 Å². The highest BCUT2D eigenvalue weighted by Gasteiger charge is 2.33. The van der Waals surface area contributed by atoms with Crippen molar-refractivity contribution < 1.29 is 22.8 Å². The molecule has 148 valence electrons. The summed E-state index contributed by atoms with van der Waals surface area (Å²) in [6.45, 7) is 1.52. The first-order valence-electron chi connectivity index (χ1n) is 8.46. The van der Waals surface area contributed by atoms with Crippen LogP contribution >= 0.6 is 0 Å². The number of amides is 3. The average molecular weight is 400 g/mol. The molecular formula is C20H15F3N4O2. The largest absolute Gasteiger partial charge is 0.416 e. The van der Waals surface area contributed by atoms with Gasteiger partial charge in [-0.3, -0.25) is 4.79 Å². The van der Waals surface area contributed by atoms with Crippen LogP contribution in [0.3, 0.4) is 0 Å². The van der Waals surface area contributed by atoms with Gasteiger partial charge in [-0.15, -0.1) is 0 Å². The lowest BCUT2D eigenvalue weighted by Gasteiger charge is -2.28. The fraction of sp³-hybridized carbons (Fsp3) is 0.150. The van der Waals surface area contributed by atoms with Gasteiger partial charge in [0.15, 0.2) is 0 Å². The van der Waals surface area contributed by atoms with Crippen LogP contribution in [0.4, 0.5) is 23.7 Å². The molecule has 1 heterocycles. The van der Waals surface area contributed by atoms with Crippen LogP contribution in [0.1, 0.15) is 29.7 Å². The highest BCUT2D eigenvalue weighted by molar-refractivity contribution is 6.06. The van der Waals surface area contributed by atoms with E-state index in [0.717, 1.165) is 12.1 Å². The van der Waals surface area contributed by atoms with Crippen LogP contribution in [0.15, 0.2) is 59.8 Å². The van der Waals surface area contributed by atoms with E-state index in [-0.39, 0.29) is 17.0 Å². The molecule has 0 bridgehead atoms. The molecule has 2 aromatic rings. The van der Waals surface area contributed by atoms with E-state index < -0.39 is 29.7 Å². The first-order chi connectivity index (χ1) is 13.7. The van der Waals surface area contributed by atoms with Crippen LogP contribution in [0, 0.1) is 11.3 Å². The molecule has 1 aliphatic heterocycles. The molecule has 0 saturated heterocycles. The van der Waals surface area contributed by atoms with Gasteiger partial charge >= 0.3 is 12.2 Å². The van der Waals surface area contributed by atoms with E-state index in [0.29, 0.717) is 11.1 Å². The fourth-order valence-electron chi connectivity index (χ4n) is 2.97. The number of benzene rings is 2. The third-order valence-corrected chi connectivity index (χ3v) is 4.33. The Kier molecular flexibility index (Phi) is 5.28. The summed E-state index contributed by atoms with van der Waals surface area (Å²) in [7, 11) is 0. The van der Waals surface area contributed by atoms with Crippen molar-refractivity contribution in [3.63, 3.8) is 0 Å². The molecule has 0 spiro atoms. The number of rotatable bonds is 3. The van der Waals surface area contributed by atoms with Crippen LogP contribution < -0.4 is 16.0 Å². The Morgan fingerprint density at radius 3 is 2.48 bits per heavy atom. The molecule has 3 N–H and O–H groups in total. The Morgan fingerprint density at radius 2 is 1.86 bits per heavy atom. The SMILES string of the molecule is CC1=C(C(=O)Nc2cccc(C(F)(F)F)c2)C(c2ccc(C#N)cc2)NC(=O)N1. The Balaban J connectivity index is 1.93. The summed E-state index contributed by atoms with van der Waals surface area (Å²) in [5, 5.41) is 16.5. The number of hydrogen-bond donors (Lipinski definition) is 3. The Hall–Kier alpha value is -3.80. The maximum absolute atomic E-state index is 12.9. The van der Waals surface area contributed by atoms with E-state index in [1.165, 1.54) is 19.1 Å². The second-order valence-electron chi connectivity index (χ2n) is 6.34. The van der Waals surface area contributed by atoms with E-state index in [2.05, 4.69) is 16.0 Å². The van der Waals surface area contributed by atoms with Crippen LogP contribution in [0.5, 0.6) is 0 Å². The van der Waals surface area contributed by atoms with Crippen molar-refractivity contribution in [1.29, 1.82) is 5.26 Å². The Labute approximate surface area is 164 Å². The number of hydrogen-bond acceptors (Lipinski definition) is 3. The number of carbonyl (C=O) groups is 2. The maximum Gasteiger partial charge on any atom is 0.416 e. The predicted octanol–water partition coefficient (Wildman–Crippen LogP) is 3.84. The molecule has 0 aromatic heterocycles. The van der Waals surface area contributed by atoms with Crippen molar-refractivity contribution in [2.75, 3.05) is 5.32 Å². The molecule has 0 radical (unpaired) electrons. The summed E-state index contributed by atoms with van der Waals surface area (Å²) in [6, 6.07) is 11.2. The molecule has 0 saturated carbocycles. The summed E-state index contributed by atoms with van der Waals surface area (Å²) in [6.07, 6.45) is -4.54. The van der Waals surface area contributed by atoms with Gasteiger partial charge in [-0.05, 0) is 42.8 Å². The smallest absolute Gasteiger partial charge is 0.327 e. The summed E-state index contributed by atoms with van der Waals surface area (Å²) >= 11 is 0. The molecule has 1 atom stereocenters. The Morgan fingerprint density at radius 1 is 1.17 bits per heavy atom. The zero-order chi connectivity index (χ0) is 21.2. The fourth-order valence-corrected chi connectivity index (χ4v) is 2.97. The summed E-state index contributed by atoms with van der Waals surface area (Å²) in [5.74, 6) is -0.663. The van der Waals surface area contributed by atoms with Gasteiger partial charge in [-0.25, -0.2) is 4.79 Å².